The lowest BCUT2D eigenvalue weighted by molar-refractivity contribution is 0.392. The van der Waals surface area contributed by atoms with E-state index < -0.39 is 0 Å². The number of nitrogens with one attached hydrogen (secondary N) is 1. The van der Waals surface area contributed by atoms with E-state index in [2.05, 4.69) is 20.4 Å². The van der Waals surface area contributed by atoms with Gasteiger partial charge in [0.2, 0.25) is 11.8 Å². The Labute approximate surface area is 99.0 Å². The molecule has 0 aliphatic carbocycles. The number of hydrogen-bond donors (Lipinski definition) is 1. The first-order chi connectivity index (χ1) is 8.20. The van der Waals surface area contributed by atoms with E-state index in [4.69, 9.17) is 9.26 Å². The van der Waals surface area contributed by atoms with Crippen LogP contribution in [0, 0.1) is 13.8 Å². The summed E-state index contributed by atoms with van der Waals surface area (Å²) in [4.78, 5) is 8.25. The molecule has 0 fully saturated rings. The molecular weight excluding hydrogens is 220 g/mol. The highest BCUT2D eigenvalue weighted by Gasteiger charge is 2.09. The minimum atomic E-state index is 0.518. The summed E-state index contributed by atoms with van der Waals surface area (Å²) in [6, 6.07) is 1.70. The summed E-state index contributed by atoms with van der Waals surface area (Å²) in [7, 11) is 1.57. The zero-order valence-corrected chi connectivity index (χ0v) is 10.0. The smallest absolute Gasteiger partial charge is 0.226 e. The second-order valence-corrected chi connectivity index (χ2v) is 3.58. The van der Waals surface area contributed by atoms with Gasteiger partial charge in [-0.1, -0.05) is 5.16 Å². The second kappa shape index (κ2) is 4.82. The largest absolute Gasteiger partial charge is 0.481 e. The number of methoxy groups -OCH3 is 1. The molecule has 6 nitrogen and oxygen atoms in total. The molecule has 0 radical (unpaired) electrons. The van der Waals surface area contributed by atoms with Crippen LogP contribution in [0.2, 0.25) is 0 Å². The summed E-state index contributed by atoms with van der Waals surface area (Å²) in [6.07, 6.45) is 1.64. The van der Waals surface area contributed by atoms with E-state index in [0.29, 0.717) is 18.4 Å². The highest BCUT2D eigenvalue weighted by Crippen LogP contribution is 2.14. The van der Waals surface area contributed by atoms with Gasteiger partial charge in [0.15, 0.2) is 0 Å². The van der Waals surface area contributed by atoms with E-state index in [-0.39, 0.29) is 0 Å². The highest BCUT2D eigenvalue weighted by atomic mass is 16.5. The van der Waals surface area contributed by atoms with Crippen molar-refractivity contribution in [2.75, 3.05) is 12.4 Å². The van der Waals surface area contributed by atoms with E-state index in [0.717, 1.165) is 17.0 Å². The monoisotopic (exact) mass is 234 g/mol. The first-order valence-electron chi connectivity index (χ1n) is 5.23. The molecule has 1 N–H and O–H groups in total. The molecule has 0 saturated carbocycles. The normalized spacial score (nSPS) is 10.3. The molecule has 0 spiro atoms. The first kappa shape index (κ1) is 11.4. The van der Waals surface area contributed by atoms with Gasteiger partial charge in [-0.15, -0.1) is 0 Å². The lowest BCUT2D eigenvalue weighted by atomic mass is 10.2. The molecule has 0 amide bonds. The topological polar surface area (TPSA) is 73.1 Å². The van der Waals surface area contributed by atoms with E-state index in [1.165, 1.54) is 0 Å². The van der Waals surface area contributed by atoms with Crippen molar-refractivity contribution in [1.82, 2.24) is 15.1 Å². The predicted molar refractivity (Wildman–Crippen MR) is 61.9 cm³/mol. The number of rotatable bonds is 4. The summed E-state index contributed by atoms with van der Waals surface area (Å²) in [5.74, 6) is 1.85. The van der Waals surface area contributed by atoms with Gasteiger partial charge < -0.3 is 14.6 Å². The number of aryl methyl sites for hydroxylation is 2. The zero-order valence-electron chi connectivity index (χ0n) is 10.0. The van der Waals surface area contributed by atoms with Crippen molar-refractivity contribution >= 4 is 5.95 Å². The number of ether oxygens (including phenoxy) is 1. The molecule has 0 saturated heterocycles. The summed E-state index contributed by atoms with van der Waals surface area (Å²) in [5, 5.41) is 6.98. The van der Waals surface area contributed by atoms with Crippen molar-refractivity contribution in [2.45, 2.75) is 20.4 Å². The Bertz CT molecular complexity index is 490. The standard InChI is InChI=1S/C11H14N4O2/c1-7-9(8(2)17-15-7)6-13-11-12-5-4-10(14-11)16-3/h4-5H,6H2,1-3H3,(H,12,13,14). The third kappa shape index (κ3) is 2.52. The van der Waals surface area contributed by atoms with Crippen LogP contribution in [0.15, 0.2) is 16.8 Å². The molecule has 17 heavy (non-hydrogen) atoms. The van der Waals surface area contributed by atoms with Crippen molar-refractivity contribution in [2.24, 2.45) is 0 Å². The molecule has 0 bridgehead atoms. The van der Waals surface area contributed by atoms with Crippen LogP contribution in [0.3, 0.4) is 0 Å². The summed E-state index contributed by atoms with van der Waals surface area (Å²) in [6.45, 7) is 4.36. The van der Waals surface area contributed by atoms with E-state index in [9.17, 15) is 0 Å². The van der Waals surface area contributed by atoms with Crippen molar-refractivity contribution in [3.63, 3.8) is 0 Å². The fraction of sp³-hybridized carbons (Fsp3) is 0.364. The van der Waals surface area contributed by atoms with Crippen LogP contribution in [0.5, 0.6) is 5.88 Å². The molecular formula is C11H14N4O2. The first-order valence-corrected chi connectivity index (χ1v) is 5.23. The van der Waals surface area contributed by atoms with Crippen LogP contribution in [-0.4, -0.2) is 22.2 Å². The number of hydrogen-bond acceptors (Lipinski definition) is 6. The molecule has 0 aromatic carbocycles. The van der Waals surface area contributed by atoms with Crippen LogP contribution >= 0.6 is 0 Å². The maximum Gasteiger partial charge on any atom is 0.226 e. The predicted octanol–water partition coefficient (Wildman–Crippen LogP) is 1.70. The second-order valence-electron chi connectivity index (χ2n) is 3.58. The van der Waals surface area contributed by atoms with Crippen LogP contribution in [-0.2, 0) is 6.54 Å². The average molecular weight is 234 g/mol. The van der Waals surface area contributed by atoms with Crippen LogP contribution in [0.1, 0.15) is 17.0 Å². The van der Waals surface area contributed by atoms with E-state index in [1.54, 1.807) is 19.4 Å². The fourth-order valence-corrected chi connectivity index (χ4v) is 1.46. The van der Waals surface area contributed by atoms with Gasteiger partial charge in [0.1, 0.15) is 5.76 Å². The van der Waals surface area contributed by atoms with Gasteiger partial charge in [-0.05, 0) is 13.8 Å². The molecule has 90 valence electrons. The Kier molecular flexibility index (Phi) is 3.22. The van der Waals surface area contributed by atoms with Crippen LogP contribution < -0.4 is 10.1 Å². The molecule has 0 atom stereocenters. The fourth-order valence-electron chi connectivity index (χ4n) is 1.46. The van der Waals surface area contributed by atoms with E-state index in [1.807, 2.05) is 13.8 Å². The lowest BCUT2D eigenvalue weighted by Gasteiger charge is -2.05. The minimum absolute atomic E-state index is 0.518. The Morgan fingerprint density at radius 1 is 1.41 bits per heavy atom. The van der Waals surface area contributed by atoms with Crippen molar-refractivity contribution < 1.29 is 9.26 Å². The van der Waals surface area contributed by atoms with Gasteiger partial charge >= 0.3 is 0 Å². The Balaban J connectivity index is 2.07. The van der Waals surface area contributed by atoms with Gasteiger partial charge in [-0.2, -0.15) is 4.98 Å². The van der Waals surface area contributed by atoms with Gasteiger partial charge in [-0.3, -0.25) is 0 Å². The zero-order chi connectivity index (χ0) is 12.3. The number of aromatic nitrogens is 3. The number of anilines is 1. The van der Waals surface area contributed by atoms with Crippen molar-refractivity contribution in [3.8, 4) is 5.88 Å². The summed E-state index contributed by atoms with van der Waals surface area (Å²) in [5.41, 5.74) is 1.90. The molecule has 0 aliphatic heterocycles. The average Bonchev–Trinajstić information content (AvgIpc) is 2.67. The Morgan fingerprint density at radius 2 is 2.24 bits per heavy atom. The quantitative estimate of drug-likeness (QED) is 0.868. The van der Waals surface area contributed by atoms with Crippen LogP contribution in [0.25, 0.3) is 0 Å². The van der Waals surface area contributed by atoms with Gasteiger partial charge in [0, 0.05) is 24.4 Å². The van der Waals surface area contributed by atoms with Gasteiger partial charge in [0.25, 0.3) is 0 Å². The third-order valence-corrected chi connectivity index (χ3v) is 2.44. The van der Waals surface area contributed by atoms with E-state index >= 15 is 0 Å². The van der Waals surface area contributed by atoms with Crippen molar-refractivity contribution in [3.05, 3.63) is 29.3 Å². The molecule has 2 rings (SSSR count). The Hall–Kier alpha value is -2.11. The minimum Gasteiger partial charge on any atom is -0.481 e. The van der Waals surface area contributed by atoms with Crippen LogP contribution in [0.4, 0.5) is 5.95 Å². The maximum atomic E-state index is 5.07. The molecule has 2 aromatic heterocycles. The van der Waals surface area contributed by atoms with Gasteiger partial charge in [0.05, 0.1) is 12.8 Å². The highest BCUT2D eigenvalue weighted by molar-refractivity contribution is 5.31. The molecule has 0 aliphatic rings. The molecule has 2 aromatic rings. The van der Waals surface area contributed by atoms with Gasteiger partial charge in [-0.25, -0.2) is 4.98 Å². The Morgan fingerprint density at radius 3 is 2.88 bits per heavy atom. The maximum absolute atomic E-state index is 5.07. The van der Waals surface area contributed by atoms with Crippen molar-refractivity contribution in [1.29, 1.82) is 0 Å². The summed E-state index contributed by atoms with van der Waals surface area (Å²) >= 11 is 0. The molecule has 2 heterocycles. The molecule has 6 heteroatoms. The SMILES string of the molecule is COc1ccnc(NCc2c(C)noc2C)n1. The third-order valence-electron chi connectivity index (χ3n) is 2.44. The summed E-state index contributed by atoms with van der Waals surface area (Å²) < 4.78 is 10.1. The number of nitrogens with zero attached hydrogens (tertiary/aromatic N) is 3. The molecule has 0 unspecified atom stereocenters. The lowest BCUT2D eigenvalue weighted by Crippen LogP contribution is -2.05.